The summed E-state index contributed by atoms with van der Waals surface area (Å²) in [4.78, 5) is 24.7. The van der Waals surface area contributed by atoms with Crippen LogP contribution in [0.2, 0.25) is 0 Å². The third kappa shape index (κ3) is 4.28. The zero-order chi connectivity index (χ0) is 19.6. The summed E-state index contributed by atoms with van der Waals surface area (Å²) in [7, 11) is -3.82. The van der Waals surface area contributed by atoms with Gasteiger partial charge in [-0.2, -0.15) is 0 Å². The van der Waals surface area contributed by atoms with Crippen LogP contribution in [0, 0.1) is 0 Å². The maximum atomic E-state index is 12.6. The van der Waals surface area contributed by atoms with Crippen molar-refractivity contribution in [2.75, 3.05) is 9.62 Å². The lowest BCUT2D eigenvalue weighted by atomic mass is 10.3. The van der Waals surface area contributed by atoms with Crippen LogP contribution in [0.15, 0.2) is 53.4 Å². The Morgan fingerprint density at radius 1 is 1.00 bits per heavy atom. The summed E-state index contributed by atoms with van der Waals surface area (Å²) in [5.41, 5.74) is 0.746. The summed E-state index contributed by atoms with van der Waals surface area (Å²) >= 11 is 0. The highest BCUT2D eigenvalue weighted by molar-refractivity contribution is 7.92. The number of nitrogens with one attached hydrogen (secondary N) is 1. The summed E-state index contributed by atoms with van der Waals surface area (Å²) in [6, 6.07) is 12.3. The Balaban J connectivity index is 1.79. The van der Waals surface area contributed by atoms with Gasteiger partial charge in [-0.1, -0.05) is 6.07 Å². The molecule has 1 N–H and O–H groups in total. The van der Waals surface area contributed by atoms with Crippen LogP contribution in [0.3, 0.4) is 0 Å². The molecule has 0 atom stereocenters. The number of carbonyl (C=O) groups is 2. The predicted molar refractivity (Wildman–Crippen MR) is 101 cm³/mol. The largest absolute Gasteiger partial charge is 0.491 e. The summed E-state index contributed by atoms with van der Waals surface area (Å²) in [6.45, 7) is 3.77. The van der Waals surface area contributed by atoms with Gasteiger partial charge in [0.05, 0.1) is 22.4 Å². The second-order valence-corrected chi connectivity index (χ2v) is 8.10. The number of carbonyl (C=O) groups excluding carboxylic acids is 2. The number of nitrogens with zero attached hydrogens (tertiary/aromatic N) is 1. The molecule has 2 aromatic rings. The van der Waals surface area contributed by atoms with Crippen molar-refractivity contribution in [3.05, 3.63) is 48.5 Å². The van der Waals surface area contributed by atoms with E-state index in [9.17, 15) is 18.0 Å². The highest BCUT2D eigenvalue weighted by atomic mass is 32.2. The van der Waals surface area contributed by atoms with E-state index in [4.69, 9.17) is 4.74 Å². The van der Waals surface area contributed by atoms with Crippen molar-refractivity contribution in [1.82, 2.24) is 0 Å². The van der Waals surface area contributed by atoms with E-state index >= 15 is 0 Å². The molecule has 0 aliphatic carbocycles. The van der Waals surface area contributed by atoms with E-state index < -0.39 is 10.0 Å². The van der Waals surface area contributed by atoms with Crippen LogP contribution in [-0.2, 0) is 19.6 Å². The molecule has 0 aromatic heterocycles. The minimum atomic E-state index is -3.82. The van der Waals surface area contributed by atoms with Gasteiger partial charge in [-0.15, -0.1) is 0 Å². The maximum Gasteiger partial charge on any atom is 0.261 e. The van der Waals surface area contributed by atoms with Crippen LogP contribution < -0.4 is 14.4 Å². The number of rotatable bonds is 6. The molecule has 0 spiro atoms. The monoisotopic (exact) mass is 388 g/mol. The normalized spacial score (nSPS) is 14.7. The SMILES string of the molecule is CC(C)Oc1cccc(NS(=O)(=O)c2ccc(N3C(=O)CCC3=O)cc2)c1. The Morgan fingerprint density at radius 2 is 1.63 bits per heavy atom. The lowest BCUT2D eigenvalue weighted by Crippen LogP contribution is -2.28. The van der Waals surface area contributed by atoms with Gasteiger partial charge in [-0.05, 0) is 50.2 Å². The number of benzene rings is 2. The van der Waals surface area contributed by atoms with E-state index in [0.29, 0.717) is 17.1 Å². The molecule has 1 fully saturated rings. The lowest BCUT2D eigenvalue weighted by molar-refractivity contribution is -0.121. The molecule has 3 rings (SSSR count). The molecular weight excluding hydrogens is 368 g/mol. The zero-order valence-corrected chi connectivity index (χ0v) is 15.8. The summed E-state index contributed by atoms with van der Waals surface area (Å²) < 4.78 is 33.3. The van der Waals surface area contributed by atoms with Crippen molar-refractivity contribution in [3.8, 4) is 5.75 Å². The van der Waals surface area contributed by atoms with Crippen LogP contribution in [0.25, 0.3) is 0 Å². The van der Waals surface area contributed by atoms with Crippen LogP contribution in [-0.4, -0.2) is 26.3 Å². The van der Waals surface area contributed by atoms with E-state index in [1.54, 1.807) is 24.3 Å². The van der Waals surface area contributed by atoms with E-state index in [2.05, 4.69) is 4.72 Å². The first kappa shape index (κ1) is 18.9. The van der Waals surface area contributed by atoms with Gasteiger partial charge in [-0.3, -0.25) is 19.2 Å². The number of anilines is 2. The number of ether oxygens (including phenoxy) is 1. The number of hydrogen-bond donors (Lipinski definition) is 1. The van der Waals surface area contributed by atoms with E-state index in [0.717, 1.165) is 4.90 Å². The quantitative estimate of drug-likeness (QED) is 0.768. The maximum absolute atomic E-state index is 12.6. The molecule has 1 heterocycles. The topological polar surface area (TPSA) is 92.8 Å². The first-order chi connectivity index (χ1) is 12.8. The third-order valence-corrected chi connectivity index (χ3v) is 5.31. The Morgan fingerprint density at radius 3 is 2.22 bits per heavy atom. The summed E-state index contributed by atoms with van der Waals surface area (Å²) in [6.07, 6.45) is 0.324. The molecule has 0 bridgehead atoms. The fraction of sp³-hybridized carbons (Fsp3) is 0.263. The minimum Gasteiger partial charge on any atom is -0.491 e. The van der Waals surface area contributed by atoms with Gasteiger partial charge in [0.15, 0.2) is 0 Å². The second kappa shape index (κ2) is 7.40. The Hall–Kier alpha value is -2.87. The minimum absolute atomic E-state index is 0.0274. The summed E-state index contributed by atoms with van der Waals surface area (Å²) in [5.74, 6) is -0.00185. The fourth-order valence-corrected chi connectivity index (χ4v) is 3.81. The third-order valence-electron chi connectivity index (χ3n) is 3.91. The Labute approximate surface area is 158 Å². The molecule has 1 saturated heterocycles. The van der Waals surface area contributed by atoms with Crippen molar-refractivity contribution in [3.63, 3.8) is 0 Å². The van der Waals surface area contributed by atoms with Gasteiger partial charge in [0.25, 0.3) is 10.0 Å². The zero-order valence-electron chi connectivity index (χ0n) is 15.0. The molecule has 27 heavy (non-hydrogen) atoms. The molecule has 1 aliphatic heterocycles. The first-order valence-corrected chi connectivity index (χ1v) is 10.00. The second-order valence-electron chi connectivity index (χ2n) is 6.42. The molecule has 1 aliphatic rings. The van der Waals surface area contributed by atoms with E-state index in [1.165, 1.54) is 24.3 Å². The number of imide groups is 1. The van der Waals surface area contributed by atoms with Gasteiger partial charge in [0.1, 0.15) is 5.75 Å². The molecule has 8 heteroatoms. The van der Waals surface area contributed by atoms with Crippen molar-refractivity contribution in [1.29, 1.82) is 0 Å². The molecule has 0 saturated carbocycles. The van der Waals surface area contributed by atoms with E-state index in [-0.39, 0.29) is 35.7 Å². The van der Waals surface area contributed by atoms with E-state index in [1.807, 2.05) is 13.8 Å². The van der Waals surface area contributed by atoms with Crippen LogP contribution >= 0.6 is 0 Å². The number of sulfonamides is 1. The standard InChI is InChI=1S/C19H20N2O5S/c1-13(2)26-16-5-3-4-14(12-16)20-27(24,25)17-8-6-15(7-9-17)21-18(22)10-11-19(21)23/h3-9,12-13,20H,10-11H2,1-2H3. The molecule has 7 nitrogen and oxygen atoms in total. The highest BCUT2D eigenvalue weighted by Crippen LogP contribution is 2.26. The van der Waals surface area contributed by atoms with Gasteiger partial charge >= 0.3 is 0 Å². The number of amides is 2. The van der Waals surface area contributed by atoms with Crippen molar-refractivity contribution >= 4 is 33.2 Å². The van der Waals surface area contributed by atoms with Crippen molar-refractivity contribution in [2.24, 2.45) is 0 Å². The fourth-order valence-electron chi connectivity index (χ4n) is 2.76. The van der Waals surface area contributed by atoms with Crippen LogP contribution in [0.1, 0.15) is 26.7 Å². The number of hydrogen-bond acceptors (Lipinski definition) is 5. The molecule has 2 amide bonds. The van der Waals surface area contributed by atoms with Crippen molar-refractivity contribution < 1.29 is 22.7 Å². The van der Waals surface area contributed by atoms with Gasteiger partial charge in [0, 0.05) is 18.9 Å². The van der Waals surface area contributed by atoms with Crippen molar-refractivity contribution in [2.45, 2.75) is 37.7 Å². The van der Waals surface area contributed by atoms with Gasteiger partial charge < -0.3 is 4.74 Å². The first-order valence-electron chi connectivity index (χ1n) is 8.52. The lowest BCUT2D eigenvalue weighted by Gasteiger charge is -2.15. The molecule has 0 unspecified atom stereocenters. The van der Waals surface area contributed by atoms with Gasteiger partial charge in [0.2, 0.25) is 11.8 Å². The van der Waals surface area contributed by atoms with Crippen LogP contribution in [0.5, 0.6) is 5.75 Å². The highest BCUT2D eigenvalue weighted by Gasteiger charge is 2.30. The van der Waals surface area contributed by atoms with Crippen LogP contribution in [0.4, 0.5) is 11.4 Å². The molecule has 2 aromatic carbocycles. The molecule has 0 radical (unpaired) electrons. The predicted octanol–water partition coefficient (Wildman–Crippen LogP) is 2.93. The molecular formula is C19H20N2O5S. The van der Waals surface area contributed by atoms with Gasteiger partial charge in [-0.25, -0.2) is 8.42 Å². The smallest absolute Gasteiger partial charge is 0.261 e. The molecule has 142 valence electrons. The Kier molecular flexibility index (Phi) is 5.18. The Bertz CT molecular complexity index is 952. The average Bonchev–Trinajstić information content (AvgIpc) is 2.93. The summed E-state index contributed by atoms with van der Waals surface area (Å²) in [5, 5.41) is 0. The average molecular weight is 388 g/mol.